The fraction of sp³-hybridized carbons (Fsp3) is 0.300. The smallest absolute Gasteiger partial charge is 0.243 e. The van der Waals surface area contributed by atoms with Crippen molar-refractivity contribution in [3.63, 3.8) is 0 Å². The third-order valence-electron chi connectivity index (χ3n) is 4.43. The van der Waals surface area contributed by atoms with Crippen LogP contribution in [0.2, 0.25) is 0 Å². The Morgan fingerprint density at radius 1 is 1.12 bits per heavy atom. The van der Waals surface area contributed by atoms with Crippen molar-refractivity contribution in [3.8, 4) is 0 Å². The zero-order valence-electron chi connectivity index (χ0n) is 14.2. The molecule has 3 rings (SSSR count). The number of nitrogens with zero attached hydrogens (tertiary/aromatic N) is 1. The Bertz CT molecular complexity index is 804. The molecular weight excluding hydrogens is 319 g/mol. The molecule has 130 valence electrons. The molecule has 25 heavy (non-hydrogen) atoms. The molecule has 2 amide bonds. The van der Waals surface area contributed by atoms with Crippen LogP contribution >= 0.6 is 0 Å². The second kappa shape index (κ2) is 7.47. The number of amides is 2. The monoisotopic (exact) mass is 340 g/mol. The normalized spacial score (nSPS) is 12.6. The predicted octanol–water partition coefficient (Wildman–Crippen LogP) is 2.95. The molecule has 2 aromatic carbocycles. The lowest BCUT2D eigenvalue weighted by Crippen LogP contribution is -2.35. The first kappa shape index (κ1) is 17.1. The number of halogens is 1. The molecule has 0 atom stereocenters. The summed E-state index contributed by atoms with van der Waals surface area (Å²) in [5.74, 6) is -0.887. The van der Waals surface area contributed by atoms with E-state index in [1.165, 1.54) is 40.6 Å². The molecule has 1 N–H and O–H groups in total. The number of hydrogen-bond donors (Lipinski definition) is 1. The van der Waals surface area contributed by atoms with Crippen LogP contribution in [0.3, 0.4) is 0 Å². The van der Waals surface area contributed by atoms with Crippen LogP contribution < -0.4 is 5.32 Å². The van der Waals surface area contributed by atoms with E-state index >= 15 is 0 Å². The number of carbonyl (C=O) groups excluding carboxylic acids is 2. The molecule has 4 nitrogen and oxygen atoms in total. The van der Waals surface area contributed by atoms with E-state index < -0.39 is 5.82 Å². The van der Waals surface area contributed by atoms with Gasteiger partial charge in [-0.2, -0.15) is 0 Å². The summed E-state index contributed by atoms with van der Waals surface area (Å²) in [4.78, 5) is 25.7. The van der Waals surface area contributed by atoms with Crippen molar-refractivity contribution in [2.24, 2.45) is 0 Å². The number of rotatable bonds is 5. The molecule has 0 spiro atoms. The van der Waals surface area contributed by atoms with Crippen molar-refractivity contribution in [1.29, 1.82) is 0 Å². The Labute approximate surface area is 146 Å². The van der Waals surface area contributed by atoms with E-state index in [4.69, 9.17) is 0 Å². The second-order valence-corrected chi connectivity index (χ2v) is 6.44. The van der Waals surface area contributed by atoms with E-state index in [-0.39, 0.29) is 24.8 Å². The van der Waals surface area contributed by atoms with Gasteiger partial charge in [-0.05, 0) is 54.2 Å². The summed E-state index contributed by atoms with van der Waals surface area (Å²) >= 11 is 0. The van der Waals surface area contributed by atoms with E-state index in [0.717, 1.165) is 18.4 Å². The molecule has 0 radical (unpaired) electrons. The van der Waals surface area contributed by atoms with Gasteiger partial charge in [0.2, 0.25) is 11.8 Å². The van der Waals surface area contributed by atoms with Gasteiger partial charge in [-0.15, -0.1) is 0 Å². The van der Waals surface area contributed by atoms with Crippen molar-refractivity contribution in [1.82, 2.24) is 4.90 Å². The topological polar surface area (TPSA) is 49.4 Å². The highest BCUT2D eigenvalue weighted by Crippen LogP contribution is 2.23. The Balaban J connectivity index is 1.54. The molecule has 1 aliphatic carbocycles. The van der Waals surface area contributed by atoms with Crippen LogP contribution in [0.5, 0.6) is 0 Å². The molecule has 0 unspecified atom stereocenters. The minimum Gasteiger partial charge on any atom is -0.336 e. The van der Waals surface area contributed by atoms with Gasteiger partial charge in [0.1, 0.15) is 5.82 Å². The zero-order chi connectivity index (χ0) is 17.8. The van der Waals surface area contributed by atoms with E-state index in [0.29, 0.717) is 5.69 Å². The van der Waals surface area contributed by atoms with E-state index in [2.05, 4.69) is 17.4 Å². The summed E-state index contributed by atoms with van der Waals surface area (Å²) in [5, 5.41) is 2.59. The van der Waals surface area contributed by atoms with Crippen LogP contribution in [0.25, 0.3) is 0 Å². The summed E-state index contributed by atoms with van der Waals surface area (Å²) < 4.78 is 13.1. The lowest BCUT2D eigenvalue weighted by molar-refractivity contribution is -0.132. The lowest BCUT2D eigenvalue weighted by Gasteiger charge is -2.17. The largest absolute Gasteiger partial charge is 0.336 e. The molecule has 2 aromatic rings. The number of carbonyl (C=O) groups is 2. The van der Waals surface area contributed by atoms with Crippen LogP contribution in [0.15, 0.2) is 42.5 Å². The first-order valence-corrected chi connectivity index (χ1v) is 8.41. The van der Waals surface area contributed by atoms with Crippen LogP contribution in [-0.4, -0.2) is 30.3 Å². The van der Waals surface area contributed by atoms with Gasteiger partial charge in [-0.25, -0.2) is 4.39 Å². The molecule has 1 aliphatic rings. The maximum absolute atomic E-state index is 13.1. The lowest BCUT2D eigenvalue weighted by atomic mass is 10.0. The Morgan fingerprint density at radius 3 is 2.72 bits per heavy atom. The maximum atomic E-state index is 13.1. The molecule has 5 heteroatoms. The van der Waals surface area contributed by atoms with Crippen molar-refractivity contribution in [2.45, 2.75) is 25.7 Å². The van der Waals surface area contributed by atoms with E-state index in [9.17, 15) is 14.0 Å². The van der Waals surface area contributed by atoms with Gasteiger partial charge >= 0.3 is 0 Å². The van der Waals surface area contributed by atoms with Gasteiger partial charge < -0.3 is 10.2 Å². The SMILES string of the molecule is CN(CC(=O)Nc1cccc(F)c1)C(=O)Cc1ccc2c(c1)CCC2. The number of nitrogens with one attached hydrogen (secondary N) is 1. The van der Waals surface area contributed by atoms with Gasteiger partial charge in [0.05, 0.1) is 13.0 Å². The minimum atomic E-state index is -0.418. The van der Waals surface area contributed by atoms with E-state index in [1.807, 2.05) is 6.07 Å². The summed E-state index contributed by atoms with van der Waals surface area (Å²) in [6.45, 7) is -0.0692. The molecule has 0 saturated heterocycles. The number of aryl methyl sites for hydroxylation is 2. The first-order chi connectivity index (χ1) is 12.0. The molecule has 0 fully saturated rings. The maximum Gasteiger partial charge on any atom is 0.243 e. The van der Waals surface area contributed by atoms with Gasteiger partial charge in [0.25, 0.3) is 0 Å². The van der Waals surface area contributed by atoms with Crippen LogP contribution in [0.1, 0.15) is 23.1 Å². The summed E-state index contributed by atoms with van der Waals surface area (Å²) in [6.07, 6.45) is 3.64. The first-order valence-electron chi connectivity index (χ1n) is 8.41. The highest BCUT2D eigenvalue weighted by atomic mass is 19.1. The summed E-state index contributed by atoms with van der Waals surface area (Å²) in [6, 6.07) is 11.9. The van der Waals surface area contributed by atoms with Crippen LogP contribution in [0, 0.1) is 5.82 Å². The Kier molecular flexibility index (Phi) is 5.12. The number of hydrogen-bond acceptors (Lipinski definition) is 2. The third kappa shape index (κ3) is 4.44. The van der Waals surface area contributed by atoms with Crippen molar-refractivity contribution < 1.29 is 14.0 Å². The summed E-state index contributed by atoms with van der Waals surface area (Å²) in [7, 11) is 1.60. The second-order valence-electron chi connectivity index (χ2n) is 6.44. The van der Waals surface area contributed by atoms with Crippen LogP contribution in [-0.2, 0) is 28.9 Å². The van der Waals surface area contributed by atoms with Gasteiger partial charge in [-0.3, -0.25) is 9.59 Å². The minimum absolute atomic E-state index is 0.0692. The molecule has 0 heterocycles. The number of likely N-dealkylation sites (N-methyl/N-ethyl adjacent to an activating group) is 1. The predicted molar refractivity (Wildman–Crippen MR) is 94.8 cm³/mol. The van der Waals surface area contributed by atoms with E-state index in [1.54, 1.807) is 13.1 Å². The van der Waals surface area contributed by atoms with Crippen LogP contribution in [0.4, 0.5) is 10.1 Å². The highest BCUT2D eigenvalue weighted by molar-refractivity contribution is 5.94. The van der Waals surface area contributed by atoms with Gasteiger partial charge in [0.15, 0.2) is 0 Å². The van der Waals surface area contributed by atoms with Crippen molar-refractivity contribution >= 4 is 17.5 Å². The fourth-order valence-corrected chi connectivity index (χ4v) is 3.12. The Hall–Kier alpha value is -2.69. The summed E-state index contributed by atoms with van der Waals surface area (Å²) in [5.41, 5.74) is 4.06. The number of anilines is 1. The third-order valence-corrected chi connectivity index (χ3v) is 4.43. The fourth-order valence-electron chi connectivity index (χ4n) is 3.12. The molecule has 0 aliphatic heterocycles. The van der Waals surface area contributed by atoms with Crippen molar-refractivity contribution in [2.75, 3.05) is 18.9 Å². The standard InChI is InChI=1S/C20H21FN2O2/c1-23(13-19(24)22-18-7-3-6-17(21)12-18)20(25)11-14-8-9-15-4-2-5-16(15)10-14/h3,6-10,12H,2,4-5,11,13H2,1H3,(H,22,24). The zero-order valence-corrected chi connectivity index (χ0v) is 14.2. The molecule has 0 bridgehead atoms. The van der Waals surface area contributed by atoms with Gasteiger partial charge in [0, 0.05) is 12.7 Å². The van der Waals surface area contributed by atoms with Crippen molar-refractivity contribution in [3.05, 3.63) is 65.0 Å². The number of fused-ring (bicyclic) bond motifs is 1. The molecule has 0 saturated carbocycles. The Morgan fingerprint density at radius 2 is 1.92 bits per heavy atom. The average molecular weight is 340 g/mol. The average Bonchev–Trinajstić information content (AvgIpc) is 3.02. The van der Waals surface area contributed by atoms with Gasteiger partial charge in [-0.1, -0.05) is 24.3 Å². The molecule has 0 aromatic heterocycles. The highest BCUT2D eigenvalue weighted by Gasteiger charge is 2.16. The quantitative estimate of drug-likeness (QED) is 0.910. The molecular formula is C20H21FN2O2. The number of benzene rings is 2.